The maximum absolute atomic E-state index is 7.78. The summed E-state index contributed by atoms with van der Waals surface area (Å²) in [5.41, 5.74) is 0.874. The van der Waals surface area contributed by atoms with Crippen LogP contribution >= 0.6 is 11.8 Å². The Bertz CT molecular complexity index is 557. The molecule has 0 atom stereocenters. The number of para-hydroxylation sites is 1. The number of thioether (sulfide) groups is 1. The molecule has 104 valence electrons. The van der Waals surface area contributed by atoms with Gasteiger partial charge in [-0.25, -0.2) is 0 Å². The van der Waals surface area contributed by atoms with Crippen LogP contribution in [0.1, 0.15) is 5.56 Å². The Morgan fingerprint density at radius 3 is 2.30 bits per heavy atom. The molecule has 20 heavy (non-hydrogen) atoms. The van der Waals surface area contributed by atoms with Gasteiger partial charge in [-0.1, -0.05) is 30.3 Å². The predicted molar refractivity (Wildman–Crippen MR) is 84.2 cm³/mol. The zero-order valence-electron chi connectivity index (χ0n) is 11.3. The summed E-state index contributed by atoms with van der Waals surface area (Å²) in [6.45, 7) is 0.971. The van der Waals surface area contributed by atoms with Gasteiger partial charge in [0.15, 0.2) is 0 Å². The third-order valence-electron chi connectivity index (χ3n) is 2.66. The van der Waals surface area contributed by atoms with Crippen molar-refractivity contribution in [3.63, 3.8) is 0 Å². The van der Waals surface area contributed by atoms with E-state index in [1.807, 2.05) is 60.9 Å². The summed E-state index contributed by atoms with van der Waals surface area (Å²) in [6, 6.07) is 17.2. The van der Waals surface area contributed by atoms with Gasteiger partial charge in [-0.2, -0.15) is 0 Å². The van der Waals surface area contributed by atoms with E-state index in [-0.39, 0.29) is 0 Å². The highest BCUT2D eigenvalue weighted by Crippen LogP contribution is 2.17. The molecule has 0 amide bonds. The second-order valence-corrected chi connectivity index (χ2v) is 4.89. The molecule has 0 heterocycles. The molecule has 0 aromatic heterocycles. The Kier molecular flexibility index (Phi) is 5.50. The zero-order chi connectivity index (χ0) is 14.2. The molecule has 3 nitrogen and oxygen atoms in total. The van der Waals surface area contributed by atoms with E-state index in [1.165, 1.54) is 11.8 Å². The Morgan fingerprint density at radius 1 is 0.950 bits per heavy atom. The van der Waals surface area contributed by atoms with Gasteiger partial charge >= 0.3 is 0 Å². The van der Waals surface area contributed by atoms with Gasteiger partial charge in [-0.3, -0.25) is 5.41 Å². The highest BCUT2D eigenvalue weighted by Gasteiger charge is 2.01. The number of ether oxygens (including phenoxy) is 2. The lowest BCUT2D eigenvalue weighted by Gasteiger charge is -2.09. The van der Waals surface area contributed by atoms with Crippen molar-refractivity contribution in [3.8, 4) is 11.5 Å². The first-order chi connectivity index (χ1) is 9.79. The number of hydrogen-bond donors (Lipinski definition) is 1. The quantitative estimate of drug-likeness (QED) is 0.499. The van der Waals surface area contributed by atoms with Crippen LogP contribution in [-0.4, -0.2) is 24.5 Å². The Morgan fingerprint density at radius 2 is 1.60 bits per heavy atom. The zero-order valence-corrected chi connectivity index (χ0v) is 12.2. The van der Waals surface area contributed by atoms with Crippen LogP contribution < -0.4 is 9.47 Å². The molecular weight excluding hydrogens is 270 g/mol. The lowest BCUT2D eigenvalue weighted by molar-refractivity contribution is 0.217. The van der Waals surface area contributed by atoms with E-state index >= 15 is 0 Å². The molecule has 1 N–H and O–H groups in total. The Balaban J connectivity index is 1.81. The molecule has 0 fully saturated rings. The van der Waals surface area contributed by atoms with Crippen LogP contribution in [0.25, 0.3) is 0 Å². The summed E-state index contributed by atoms with van der Waals surface area (Å²) in [5.74, 6) is 1.60. The van der Waals surface area contributed by atoms with Crippen LogP contribution in [0.2, 0.25) is 0 Å². The van der Waals surface area contributed by atoms with Gasteiger partial charge in [0.05, 0.1) is 5.04 Å². The second-order valence-electron chi connectivity index (χ2n) is 4.07. The van der Waals surface area contributed by atoms with Gasteiger partial charge < -0.3 is 9.47 Å². The van der Waals surface area contributed by atoms with Crippen molar-refractivity contribution < 1.29 is 9.47 Å². The average molecular weight is 287 g/mol. The van der Waals surface area contributed by atoms with Crippen molar-refractivity contribution in [1.29, 1.82) is 5.41 Å². The van der Waals surface area contributed by atoms with E-state index in [1.54, 1.807) is 0 Å². The van der Waals surface area contributed by atoms with Crippen molar-refractivity contribution in [2.45, 2.75) is 0 Å². The molecule has 0 saturated carbocycles. The molecule has 0 saturated heterocycles. The summed E-state index contributed by atoms with van der Waals surface area (Å²) < 4.78 is 11.2. The fraction of sp³-hybridized carbons (Fsp3) is 0.188. The summed E-state index contributed by atoms with van der Waals surface area (Å²) in [7, 11) is 0. The molecule has 0 unspecified atom stereocenters. The molecule has 0 radical (unpaired) electrons. The van der Waals surface area contributed by atoms with Crippen molar-refractivity contribution in [2.75, 3.05) is 19.5 Å². The first kappa shape index (κ1) is 14.5. The lowest BCUT2D eigenvalue weighted by Crippen LogP contribution is -2.09. The van der Waals surface area contributed by atoms with E-state index in [0.717, 1.165) is 17.1 Å². The van der Waals surface area contributed by atoms with Gasteiger partial charge in [-0.15, -0.1) is 11.8 Å². The molecule has 2 rings (SSSR count). The topological polar surface area (TPSA) is 42.3 Å². The summed E-state index contributed by atoms with van der Waals surface area (Å²) in [4.78, 5) is 0. The molecule has 4 heteroatoms. The van der Waals surface area contributed by atoms with Crippen LogP contribution in [0, 0.1) is 5.41 Å². The highest BCUT2D eigenvalue weighted by atomic mass is 32.2. The van der Waals surface area contributed by atoms with Crippen LogP contribution in [0.5, 0.6) is 11.5 Å². The molecule has 0 aliphatic heterocycles. The SMILES string of the molecule is CSC(=N)c1cccc(OCCOc2ccccc2)c1. The third kappa shape index (κ3) is 4.31. The monoisotopic (exact) mass is 287 g/mol. The molecule has 0 aliphatic carbocycles. The van der Waals surface area contributed by atoms with Gasteiger partial charge in [0.25, 0.3) is 0 Å². The maximum Gasteiger partial charge on any atom is 0.122 e. The van der Waals surface area contributed by atoms with Crippen LogP contribution in [-0.2, 0) is 0 Å². The van der Waals surface area contributed by atoms with Crippen molar-refractivity contribution in [3.05, 3.63) is 60.2 Å². The molecule has 0 aliphatic rings. The summed E-state index contributed by atoms with van der Waals surface area (Å²) >= 11 is 1.42. The van der Waals surface area contributed by atoms with E-state index in [9.17, 15) is 0 Å². The summed E-state index contributed by atoms with van der Waals surface area (Å²) in [6.07, 6.45) is 1.89. The molecule has 0 spiro atoms. The van der Waals surface area contributed by atoms with E-state index < -0.39 is 0 Å². The molecular formula is C16H17NO2S. The first-order valence-corrected chi connectivity index (χ1v) is 7.55. The minimum absolute atomic E-state index is 0.477. The third-order valence-corrected chi connectivity index (χ3v) is 3.31. The number of benzene rings is 2. The van der Waals surface area contributed by atoms with E-state index in [2.05, 4.69) is 0 Å². The first-order valence-electron chi connectivity index (χ1n) is 6.33. The fourth-order valence-corrected chi connectivity index (χ4v) is 2.04. The molecule has 2 aromatic rings. The van der Waals surface area contributed by atoms with E-state index in [0.29, 0.717) is 18.3 Å². The molecule has 2 aromatic carbocycles. The minimum Gasteiger partial charge on any atom is -0.490 e. The summed E-state index contributed by atoms with van der Waals surface area (Å²) in [5, 5.41) is 8.32. The normalized spacial score (nSPS) is 10.1. The van der Waals surface area contributed by atoms with Gasteiger partial charge in [-0.05, 0) is 30.5 Å². The van der Waals surface area contributed by atoms with Crippen LogP contribution in [0.4, 0.5) is 0 Å². The molecule has 0 bridgehead atoms. The number of rotatable bonds is 6. The van der Waals surface area contributed by atoms with Crippen LogP contribution in [0.15, 0.2) is 54.6 Å². The van der Waals surface area contributed by atoms with Gasteiger partial charge in [0.1, 0.15) is 24.7 Å². The second kappa shape index (κ2) is 7.60. The minimum atomic E-state index is 0.477. The highest BCUT2D eigenvalue weighted by molar-refractivity contribution is 8.13. The fourth-order valence-electron chi connectivity index (χ4n) is 1.68. The maximum atomic E-state index is 7.78. The van der Waals surface area contributed by atoms with Crippen molar-refractivity contribution in [1.82, 2.24) is 0 Å². The van der Waals surface area contributed by atoms with Crippen molar-refractivity contribution in [2.24, 2.45) is 0 Å². The Labute approximate surface area is 123 Å². The largest absolute Gasteiger partial charge is 0.490 e. The number of hydrogen-bond acceptors (Lipinski definition) is 4. The smallest absolute Gasteiger partial charge is 0.122 e. The lowest BCUT2D eigenvalue weighted by atomic mass is 10.2. The van der Waals surface area contributed by atoms with Crippen molar-refractivity contribution >= 4 is 16.8 Å². The van der Waals surface area contributed by atoms with Gasteiger partial charge in [0, 0.05) is 5.56 Å². The predicted octanol–water partition coefficient (Wildman–Crippen LogP) is 3.83. The average Bonchev–Trinajstić information content (AvgIpc) is 2.52. The standard InChI is InChI=1S/C16H17NO2S/c1-20-16(17)13-6-5-9-15(12-13)19-11-10-18-14-7-3-2-4-8-14/h2-9,12,17H,10-11H2,1H3. The van der Waals surface area contributed by atoms with Crippen LogP contribution in [0.3, 0.4) is 0 Å². The van der Waals surface area contributed by atoms with Gasteiger partial charge in [0.2, 0.25) is 0 Å². The van der Waals surface area contributed by atoms with E-state index in [4.69, 9.17) is 14.9 Å². The Hall–Kier alpha value is -1.94. The number of nitrogens with one attached hydrogen (secondary N) is 1.